The van der Waals surface area contributed by atoms with E-state index in [1.54, 1.807) is 13.4 Å². The molecule has 0 aliphatic heterocycles. The Hall–Kier alpha value is -2.46. The molecule has 3 aromatic rings. The number of halogens is 1. The van der Waals surface area contributed by atoms with E-state index in [2.05, 4.69) is 44.9 Å². The van der Waals surface area contributed by atoms with Gasteiger partial charge in [0.2, 0.25) is 0 Å². The van der Waals surface area contributed by atoms with Gasteiger partial charge in [-0.25, -0.2) is 0 Å². The van der Waals surface area contributed by atoms with Gasteiger partial charge in [0.15, 0.2) is 11.8 Å². The van der Waals surface area contributed by atoms with Crippen LogP contribution in [-0.4, -0.2) is 40.9 Å². The first kappa shape index (κ1) is 23.8. The molecule has 2 N–H and O–H groups in total. The first-order valence-electron chi connectivity index (χ1n) is 9.76. The number of aromatic nitrogens is 3. The lowest BCUT2D eigenvalue weighted by Gasteiger charge is -2.16. The maximum Gasteiger partial charge on any atom is 0.191 e. The standard InChI is InChI=1S/C22H28N6O.HI/c1-18(15-29-16-19-9-5-3-6-10-19)13-24-22(23-2)25-14-21-27-26-17-28(21)20-11-7-4-8-12-20;/h3-12,17-18H,13-16H2,1-2H3,(H2,23,24,25);1H. The Morgan fingerprint density at radius 1 is 1.07 bits per heavy atom. The third kappa shape index (κ3) is 7.42. The van der Waals surface area contributed by atoms with Gasteiger partial charge >= 0.3 is 0 Å². The SMILES string of the molecule is CN=C(NCc1nncn1-c1ccccc1)NCC(C)COCc1ccccc1.I. The third-order valence-electron chi connectivity index (χ3n) is 4.42. The van der Waals surface area contributed by atoms with Crippen molar-refractivity contribution in [3.8, 4) is 5.69 Å². The molecule has 7 nitrogen and oxygen atoms in total. The fourth-order valence-electron chi connectivity index (χ4n) is 2.85. The molecule has 3 rings (SSSR count). The lowest BCUT2D eigenvalue weighted by molar-refractivity contribution is 0.0931. The molecule has 0 radical (unpaired) electrons. The van der Waals surface area contributed by atoms with Crippen LogP contribution in [0.2, 0.25) is 0 Å². The van der Waals surface area contributed by atoms with Crippen molar-refractivity contribution in [3.63, 3.8) is 0 Å². The highest BCUT2D eigenvalue weighted by atomic mass is 127. The summed E-state index contributed by atoms with van der Waals surface area (Å²) in [6.07, 6.45) is 1.72. The van der Waals surface area contributed by atoms with Gasteiger partial charge in [-0.3, -0.25) is 9.56 Å². The Labute approximate surface area is 195 Å². The van der Waals surface area contributed by atoms with Crippen LogP contribution in [0, 0.1) is 5.92 Å². The van der Waals surface area contributed by atoms with E-state index >= 15 is 0 Å². The van der Waals surface area contributed by atoms with Crippen LogP contribution in [0.4, 0.5) is 0 Å². The van der Waals surface area contributed by atoms with E-state index in [0.717, 1.165) is 24.0 Å². The molecule has 0 aliphatic rings. The highest BCUT2D eigenvalue weighted by Gasteiger charge is 2.08. The van der Waals surface area contributed by atoms with E-state index in [-0.39, 0.29) is 24.0 Å². The average molecular weight is 520 g/mol. The van der Waals surface area contributed by atoms with Crippen LogP contribution < -0.4 is 10.6 Å². The summed E-state index contributed by atoms with van der Waals surface area (Å²) in [5.74, 6) is 1.89. The van der Waals surface area contributed by atoms with Crippen molar-refractivity contribution in [2.75, 3.05) is 20.2 Å². The van der Waals surface area contributed by atoms with Gasteiger partial charge in [0, 0.05) is 19.3 Å². The Morgan fingerprint density at radius 2 is 1.77 bits per heavy atom. The van der Waals surface area contributed by atoms with Gasteiger partial charge in [-0.15, -0.1) is 34.2 Å². The van der Waals surface area contributed by atoms with Crippen LogP contribution in [0.5, 0.6) is 0 Å². The number of ether oxygens (including phenoxy) is 1. The van der Waals surface area contributed by atoms with Gasteiger partial charge in [-0.05, 0) is 23.6 Å². The first-order valence-corrected chi connectivity index (χ1v) is 9.76. The molecule has 0 bridgehead atoms. The van der Waals surface area contributed by atoms with Crippen molar-refractivity contribution in [1.82, 2.24) is 25.4 Å². The monoisotopic (exact) mass is 520 g/mol. The Balaban J connectivity index is 0.00000320. The predicted octanol–water partition coefficient (Wildman–Crippen LogP) is 3.40. The minimum atomic E-state index is 0. The van der Waals surface area contributed by atoms with Crippen molar-refractivity contribution in [2.45, 2.75) is 20.1 Å². The number of aliphatic imine (C=N–C) groups is 1. The topological polar surface area (TPSA) is 76.4 Å². The molecule has 2 aromatic carbocycles. The quantitative estimate of drug-likeness (QED) is 0.257. The minimum Gasteiger partial charge on any atom is -0.376 e. The number of hydrogen-bond acceptors (Lipinski definition) is 4. The van der Waals surface area contributed by atoms with Crippen LogP contribution in [0.3, 0.4) is 0 Å². The summed E-state index contributed by atoms with van der Waals surface area (Å²) >= 11 is 0. The number of nitrogens with zero attached hydrogens (tertiary/aromatic N) is 4. The van der Waals surface area contributed by atoms with Crippen LogP contribution in [-0.2, 0) is 17.9 Å². The normalized spacial score (nSPS) is 12.1. The lowest BCUT2D eigenvalue weighted by Crippen LogP contribution is -2.40. The van der Waals surface area contributed by atoms with Gasteiger partial charge in [-0.2, -0.15) is 0 Å². The second-order valence-corrected chi connectivity index (χ2v) is 6.87. The lowest BCUT2D eigenvalue weighted by atomic mass is 10.2. The molecule has 0 saturated carbocycles. The second kappa shape index (κ2) is 13.0. The maximum atomic E-state index is 5.81. The molecule has 1 heterocycles. The van der Waals surface area contributed by atoms with Gasteiger partial charge in [0.05, 0.1) is 19.8 Å². The average Bonchev–Trinajstić information content (AvgIpc) is 3.24. The maximum absolute atomic E-state index is 5.81. The second-order valence-electron chi connectivity index (χ2n) is 6.87. The number of guanidine groups is 1. The zero-order valence-electron chi connectivity index (χ0n) is 17.4. The third-order valence-corrected chi connectivity index (χ3v) is 4.42. The molecule has 0 saturated heterocycles. The van der Waals surface area contributed by atoms with Crippen LogP contribution in [0.15, 0.2) is 72.0 Å². The molecule has 1 unspecified atom stereocenters. The Kier molecular flexibility index (Phi) is 10.3. The molecule has 0 aliphatic carbocycles. The van der Waals surface area contributed by atoms with E-state index < -0.39 is 0 Å². The highest BCUT2D eigenvalue weighted by Crippen LogP contribution is 2.08. The van der Waals surface area contributed by atoms with Crippen molar-refractivity contribution in [2.24, 2.45) is 10.9 Å². The molecule has 1 atom stereocenters. The summed E-state index contributed by atoms with van der Waals surface area (Å²) in [6, 6.07) is 20.2. The summed E-state index contributed by atoms with van der Waals surface area (Å²) in [7, 11) is 1.76. The molecule has 0 fully saturated rings. The number of para-hydroxylation sites is 1. The largest absolute Gasteiger partial charge is 0.376 e. The van der Waals surface area contributed by atoms with Gasteiger partial charge in [-0.1, -0.05) is 55.5 Å². The number of hydrogen-bond donors (Lipinski definition) is 2. The van der Waals surface area contributed by atoms with E-state index in [1.807, 2.05) is 53.1 Å². The molecular weight excluding hydrogens is 491 g/mol. The van der Waals surface area contributed by atoms with E-state index in [1.165, 1.54) is 5.56 Å². The van der Waals surface area contributed by atoms with Crippen molar-refractivity contribution in [1.29, 1.82) is 0 Å². The van der Waals surface area contributed by atoms with Crippen LogP contribution in [0.1, 0.15) is 18.3 Å². The zero-order valence-corrected chi connectivity index (χ0v) is 19.7. The highest BCUT2D eigenvalue weighted by molar-refractivity contribution is 14.0. The number of benzene rings is 2. The predicted molar refractivity (Wildman–Crippen MR) is 130 cm³/mol. The van der Waals surface area contributed by atoms with Gasteiger partial charge in [0.25, 0.3) is 0 Å². The van der Waals surface area contributed by atoms with E-state index in [9.17, 15) is 0 Å². The van der Waals surface area contributed by atoms with Crippen molar-refractivity contribution in [3.05, 3.63) is 78.4 Å². The summed E-state index contributed by atoms with van der Waals surface area (Å²) in [4.78, 5) is 4.29. The summed E-state index contributed by atoms with van der Waals surface area (Å²) in [5, 5.41) is 14.9. The minimum absolute atomic E-state index is 0. The van der Waals surface area contributed by atoms with Gasteiger partial charge in [0.1, 0.15) is 6.33 Å². The Bertz CT molecular complexity index is 885. The summed E-state index contributed by atoms with van der Waals surface area (Å²) in [6.45, 7) is 4.75. The molecule has 8 heteroatoms. The number of rotatable bonds is 9. The Morgan fingerprint density at radius 3 is 2.47 bits per heavy atom. The van der Waals surface area contributed by atoms with Crippen molar-refractivity contribution >= 4 is 29.9 Å². The van der Waals surface area contributed by atoms with E-state index in [4.69, 9.17) is 4.74 Å². The fraction of sp³-hybridized carbons (Fsp3) is 0.318. The molecule has 1 aromatic heterocycles. The fourth-order valence-corrected chi connectivity index (χ4v) is 2.85. The van der Waals surface area contributed by atoms with Crippen molar-refractivity contribution < 1.29 is 4.74 Å². The zero-order chi connectivity index (χ0) is 20.3. The molecule has 0 amide bonds. The molecule has 30 heavy (non-hydrogen) atoms. The molecular formula is C22H29IN6O. The smallest absolute Gasteiger partial charge is 0.191 e. The van der Waals surface area contributed by atoms with E-state index in [0.29, 0.717) is 25.7 Å². The molecule has 0 spiro atoms. The first-order chi connectivity index (χ1) is 14.3. The van der Waals surface area contributed by atoms with Crippen LogP contribution >= 0.6 is 24.0 Å². The molecule has 160 valence electrons. The van der Waals surface area contributed by atoms with Gasteiger partial charge < -0.3 is 15.4 Å². The summed E-state index contributed by atoms with van der Waals surface area (Å²) in [5.41, 5.74) is 2.22. The van der Waals surface area contributed by atoms with Crippen LogP contribution in [0.25, 0.3) is 5.69 Å². The summed E-state index contributed by atoms with van der Waals surface area (Å²) < 4.78 is 7.77. The number of nitrogens with one attached hydrogen (secondary N) is 2.